The third kappa shape index (κ3) is 7.65. The number of hydrogen-bond donors (Lipinski definition) is 2. The van der Waals surface area contributed by atoms with Crippen LogP contribution in [0.4, 0.5) is 0 Å². The maximum absolute atomic E-state index is 11.6. The minimum absolute atomic E-state index is 0.0706. The van der Waals surface area contributed by atoms with Gasteiger partial charge in [-0.15, -0.1) is 0 Å². The average molecular weight is 230 g/mol. The predicted molar refractivity (Wildman–Crippen MR) is 66.5 cm³/mol. The van der Waals surface area contributed by atoms with Crippen molar-refractivity contribution in [2.75, 3.05) is 19.7 Å². The normalized spacial score (nSPS) is 13.6. The van der Waals surface area contributed by atoms with Crippen LogP contribution in [0.5, 0.6) is 0 Å². The second kappa shape index (κ2) is 7.63. The molecule has 0 spiro atoms. The number of ether oxygens (including phenoxy) is 1. The largest absolute Gasteiger partial charge is 0.374 e. The molecular formula is C12H26N2O2. The molecule has 0 aliphatic rings. The summed E-state index contributed by atoms with van der Waals surface area (Å²) >= 11 is 0. The average Bonchev–Trinajstić information content (AvgIpc) is 2.15. The smallest absolute Gasteiger partial charge is 0.221 e. The van der Waals surface area contributed by atoms with Crippen molar-refractivity contribution < 1.29 is 9.53 Å². The van der Waals surface area contributed by atoms with E-state index in [1.807, 2.05) is 34.6 Å². The molecule has 96 valence electrons. The molecule has 0 saturated carbocycles. The van der Waals surface area contributed by atoms with Gasteiger partial charge in [-0.3, -0.25) is 4.79 Å². The Morgan fingerprint density at radius 2 is 2.00 bits per heavy atom. The molecule has 0 aromatic rings. The number of carbonyl (C=O) groups is 1. The zero-order chi connectivity index (χ0) is 12.6. The fourth-order valence-electron chi connectivity index (χ4n) is 1.52. The van der Waals surface area contributed by atoms with Crippen molar-refractivity contribution in [3.05, 3.63) is 0 Å². The summed E-state index contributed by atoms with van der Waals surface area (Å²) in [6.45, 7) is 12.1. The summed E-state index contributed by atoms with van der Waals surface area (Å²) in [4.78, 5) is 11.6. The standard InChI is InChI=1S/C12H26N2O2/c1-6-13-10(3)8-11(15)14-9-12(4,5)16-7-2/h10,13H,6-9H2,1-5H3,(H,14,15). The molecular weight excluding hydrogens is 204 g/mol. The first-order valence-electron chi connectivity index (χ1n) is 6.05. The lowest BCUT2D eigenvalue weighted by atomic mass is 10.1. The van der Waals surface area contributed by atoms with Crippen LogP contribution in [0.3, 0.4) is 0 Å². The van der Waals surface area contributed by atoms with E-state index in [9.17, 15) is 4.79 Å². The van der Waals surface area contributed by atoms with Crippen LogP contribution in [0.25, 0.3) is 0 Å². The molecule has 4 nitrogen and oxygen atoms in total. The first kappa shape index (κ1) is 15.4. The van der Waals surface area contributed by atoms with Gasteiger partial charge in [0.25, 0.3) is 0 Å². The van der Waals surface area contributed by atoms with Crippen LogP contribution in [0.15, 0.2) is 0 Å². The van der Waals surface area contributed by atoms with Gasteiger partial charge in [0.2, 0.25) is 5.91 Å². The highest BCUT2D eigenvalue weighted by atomic mass is 16.5. The van der Waals surface area contributed by atoms with Crippen molar-refractivity contribution >= 4 is 5.91 Å². The molecule has 16 heavy (non-hydrogen) atoms. The van der Waals surface area contributed by atoms with Gasteiger partial charge in [0.05, 0.1) is 5.60 Å². The van der Waals surface area contributed by atoms with E-state index in [1.54, 1.807) is 0 Å². The van der Waals surface area contributed by atoms with E-state index in [-0.39, 0.29) is 17.6 Å². The number of hydrogen-bond acceptors (Lipinski definition) is 3. The van der Waals surface area contributed by atoms with Gasteiger partial charge in [-0.2, -0.15) is 0 Å². The van der Waals surface area contributed by atoms with Crippen molar-refractivity contribution in [2.24, 2.45) is 0 Å². The fraction of sp³-hybridized carbons (Fsp3) is 0.917. The molecule has 0 radical (unpaired) electrons. The lowest BCUT2D eigenvalue weighted by Crippen LogP contribution is -2.42. The number of amides is 1. The Hall–Kier alpha value is -0.610. The number of rotatable bonds is 8. The molecule has 1 unspecified atom stereocenters. The summed E-state index contributed by atoms with van der Waals surface area (Å²) in [5.74, 6) is 0.0706. The summed E-state index contributed by atoms with van der Waals surface area (Å²) in [6, 6.07) is 0.222. The van der Waals surface area contributed by atoms with E-state index < -0.39 is 0 Å². The molecule has 0 fully saturated rings. The third-order valence-corrected chi connectivity index (χ3v) is 2.29. The Bertz CT molecular complexity index is 205. The first-order valence-corrected chi connectivity index (χ1v) is 6.05. The van der Waals surface area contributed by atoms with E-state index in [0.717, 1.165) is 6.54 Å². The quantitative estimate of drug-likeness (QED) is 0.661. The SMILES string of the molecule is CCNC(C)CC(=O)NCC(C)(C)OCC. The zero-order valence-corrected chi connectivity index (χ0v) is 11.2. The van der Waals surface area contributed by atoms with Crippen LogP contribution < -0.4 is 10.6 Å². The van der Waals surface area contributed by atoms with Gasteiger partial charge >= 0.3 is 0 Å². The van der Waals surface area contributed by atoms with Crippen LogP contribution >= 0.6 is 0 Å². The maximum Gasteiger partial charge on any atom is 0.221 e. The number of carbonyl (C=O) groups excluding carboxylic acids is 1. The maximum atomic E-state index is 11.6. The summed E-state index contributed by atoms with van der Waals surface area (Å²) in [5.41, 5.74) is -0.286. The lowest BCUT2D eigenvalue weighted by molar-refractivity contribution is -0.123. The molecule has 0 aliphatic heterocycles. The number of nitrogens with one attached hydrogen (secondary N) is 2. The van der Waals surface area contributed by atoms with Gasteiger partial charge in [0.15, 0.2) is 0 Å². The highest BCUT2D eigenvalue weighted by molar-refractivity contribution is 5.76. The molecule has 0 aromatic carbocycles. The van der Waals surface area contributed by atoms with Gasteiger partial charge < -0.3 is 15.4 Å². The van der Waals surface area contributed by atoms with Crippen LogP contribution in [0, 0.1) is 0 Å². The molecule has 1 atom stereocenters. The van der Waals surface area contributed by atoms with Crippen molar-refractivity contribution in [3.63, 3.8) is 0 Å². The second-order valence-electron chi connectivity index (χ2n) is 4.63. The van der Waals surface area contributed by atoms with Crippen LogP contribution in [0.1, 0.15) is 41.0 Å². The van der Waals surface area contributed by atoms with Crippen molar-refractivity contribution in [2.45, 2.75) is 52.7 Å². The van der Waals surface area contributed by atoms with Crippen LogP contribution in [-0.4, -0.2) is 37.2 Å². The summed E-state index contributed by atoms with van der Waals surface area (Å²) < 4.78 is 5.50. The van der Waals surface area contributed by atoms with Gasteiger partial charge in [0, 0.05) is 25.6 Å². The van der Waals surface area contributed by atoms with Gasteiger partial charge in [-0.05, 0) is 34.2 Å². The van der Waals surface area contributed by atoms with Crippen LogP contribution in [0.2, 0.25) is 0 Å². The Labute approximate surface area is 99.1 Å². The molecule has 2 N–H and O–H groups in total. The topological polar surface area (TPSA) is 50.4 Å². The monoisotopic (exact) mass is 230 g/mol. The Kier molecular flexibility index (Phi) is 7.34. The van der Waals surface area contributed by atoms with Crippen molar-refractivity contribution in [1.29, 1.82) is 0 Å². The zero-order valence-electron chi connectivity index (χ0n) is 11.2. The van der Waals surface area contributed by atoms with E-state index >= 15 is 0 Å². The fourth-order valence-corrected chi connectivity index (χ4v) is 1.52. The minimum atomic E-state index is -0.286. The Morgan fingerprint density at radius 3 is 2.50 bits per heavy atom. The molecule has 0 bridgehead atoms. The van der Waals surface area contributed by atoms with Crippen LogP contribution in [-0.2, 0) is 9.53 Å². The van der Waals surface area contributed by atoms with Gasteiger partial charge in [-0.25, -0.2) is 0 Å². The molecule has 4 heteroatoms. The molecule has 1 amide bonds. The molecule has 0 heterocycles. The highest BCUT2D eigenvalue weighted by Crippen LogP contribution is 2.06. The van der Waals surface area contributed by atoms with Gasteiger partial charge in [0.1, 0.15) is 0 Å². The highest BCUT2D eigenvalue weighted by Gasteiger charge is 2.18. The van der Waals surface area contributed by atoms with Crippen molar-refractivity contribution in [1.82, 2.24) is 10.6 Å². The predicted octanol–water partition coefficient (Wildman–Crippen LogP) is 1.31. The Balaban J connectivity index is 3.80. The van der Waals surface area contributed by atoms with E-state index in [4.69, 9.17) is 4.74 Å². The summed E-state index contributed by atoms with van der Waals surface area (Å²) in [7, 11) is 0. The van der Waals surface area contributed by atoms with E-state index in [2.05, 4.69) is 10.6 Å². The third-order valence-electron chi connectivity index (χ3n) is 2.29. The second-order valence-corrected chi connectivity index (χ2v) is 4.63. The molecule has 0 saturated heterocycles. The van der Waals surface area contributed by atoms with E-state index in [0.29, 0.717) is 19.6 Å². The first-order chi connectivity index (χ1) is 7.41. The Morgan fingerprint density at radius 1 is 1.38 bits per heavy atom. The van der Waals surface area contributed by atoms with E-state index in [1.165, 1.54) is 0 Å². The van der Waals surface area contributed by atoms with Gasteiger partial charge in [-0.1, -0.05) is 6.92 Å². The lowest BCUT2D eigenvalue weighted by Gasteiger charge is -2.25. The molecule has 0 aliphatic carbocycles. The molecule has 0 rings (SSSR count). The molecule has 0 aromatic heterocycles. The summed E-state index contributed by atoms with van der Waals surface area (Å²) in [6.07, 6.45) is 0.510. The minimum Gasteiger partial charge on any atom is -0.374 e. The van der Waals surface area contributed by atoms with Crippen molar-refractivity contribution in [3.8, 4) is 0 Å². The summed E-state index contributed by atoms with van der Waals surface area (Å²) in [5, 5.41) is 6.10.